The van der Waals surface area contributed by atoms with Crippen LogP contribution in [0.4, 0.5) is 10.5 Å². The summed E-state index contributed by atoms with van der Waals surface area (Å²) in [6.07, 6.45) is 4.32. The number of benzene rings is 2. The highest BCUT2D eigenvalue weighted by Crippen LogP contribution is 2.38. The number of nitrogens with zero attached hydrogens (tertiary/aromatic N) is 2. The maximum Gasteiger partial charge on any atom is 0.342 e. The van der Waals surface area contributed by atoms with Crippen molar-refractivity contribution in [1.82, 2.24) is 15.1 Å². The van der Waals surface area contributed by atoms with Gasteiger partial charge in [0.2, 0.25) is 0 Å². The van der Waals surface area contributed by atoms with Gasteiger partial charge in [0.05, 0.1) is 11.4 Å². The van der Waals surface area contributed by atoms with Crippen LogP contribution in [-0.2, 0) is 0 Å². The number of aromatic hydroxyl groups is 1. The monoisotopic (exact) mass is 446 g/mol. The lowest BCUT2D eigenvalue weighted by molar-refractivity contribution is 0.102. The van der Waals surface area contributed by atoms with Gasteiger partial charge in [-0.15, -0.1) is 0 Å². The summed E-state index contributed by atoms with van der Waals surface area (Å²) in [4.78, 5) is 25.3. The first-order chi connectivity index (χ1) is 15.8. The molecule has 0 aliphatic heterocycles. The predicted molar refractivity (Wildman–Crippen MR) is 129 cm³/mol. The second kappa shape index (κ2) is 9.48. The van der Waals surface area contributed by atoms with Crippen molar-refractivity contribution in [3.05, 3.63) is 65.4 Å². The van der Waals surface area contributed by atoms with Gasteiger partial charge in [0.15, 0.2) is 0 Å². The topological polar surface area (TPSA) is 96.3 Å². The summed E-state index contributed by atoms with van der Waals surface area (Å²) in [5.41, 5.74) is 4.02. The first-order valence-electron chi connectivity index (χ1n) is 11.4. The largest absolute Gasteiger partial charge is 0.507 e. The van der Waals surface area contributed by atoms with E-state index < -0.39 is 0 Å². The number of carbonyl (C=O) groups excluding carboxylic acids is 2. The summed E-state index contributed by atoms with van der Waals surface area (Å²) in [5, 5.41) is 21.0. The summed E-state index contributed by atoms with van der Waals surface area (Å²) in [7, 11) is 0. The maximum atomic E-state index is 12.8. The summed E-state index contributed by atoms with van der Waals surface area (Å²) >= 11 is 0. The average molecular weight is 447 g/mol. The molecule has 1 fully saturated rings. The molecule has 33 heavy (non-hydrogen) atoms. The van der Waals surface area contributed by atoms with Gasteiger partial charge in [-0.05, 0) is 63.9 Å². The second-order valence-electron chi connectivity index (χ2n) is 9.00. The Bertz CT molecular complexity index is 1160. The Morgan fingerprint density at radius 1 is 1.06 bits per heavy atom. The zero-order valence-corrected chi connectivity index (χ0v) is 19.3. The number of phenolic OH excluding ortho intramolecular Hbond substituents is 1. The Hall–Kier alpha value is -3.61. The summed E-state index contributed by atoms with van der Waals surface area (Å²) in [6.45, 7) is 5.78. The Morgan fingerprint density at radius 2 is 1.76 bits per heavy atom. The molecular weight excluding hydrogens is 416 g/mol. The smallest absolute Gasteiger partial charge is 0.342 e. The van der Waals surface area contributed by atoms with Crippen LogP contribution >= 0.6 is 0 Å². The van der Waals surface area contributed by atoms with E-state index in [2.05, 4.69) is 15.7 Å². The van der Waals surface area contributed by atoms with Crippen molar-refractivity contribution in [2.45, 2.75) is 58.4 Å². The predicted octanol–water partition coefficient (Wildman–Crippen LogP) is 5.44. The lowest BCUT2D eigenvalue weighted by Crippen LogP contribution is -2.35. The number of aryl methyl sites for hydroxylation is 1. The van der Waals surface area contributed by atoms with Gasteiger partial charge in [0, 0.05) is 34.8 Å². The number of carbonyl (C=O) groups is 2. The lowest BCUT2D eigenvalue weighted by Gasteiger charge is -2.13. The van der Waals surface area contributed by atoms with Gasteiger partial charge >= 0.3 is 6.03 Å². The van der Waals surface area contributed by atoms with E-state index in [9.17, 15) is 14.7 Å². The summed E-state index contributed by atoms with van der Waals surface area (Å²) < 4.78 is 1.44. The lowest BCUT2D eigenvalue weighted by atomic mass is 10.0. The average Bonchev–Trinajstić information content (AvgIpc) is 3.44. The van der Waals surface area contributed by atoms with Crippen molar-refractivity contribution < 1.29 is 14.7 Å². The van der Waals surface area contributed by atoms with Gasteiger partial charge in [0.1, 0.15) is 5.75 Å². The third kappa shape index (κ3) is 5.08. The number of phenols is 1. The number of aromatic nitrogens is 2. The molecule has 3 aromatic rings. The van der Waals surface area contributed by atoms with Crippen molar-refractivity contribution in [1.29, 1.82) is 0 Å². The first-order valence-corrected chi connectivity index (χ1v) is 11.4. The minimum absolute atomic E-state index is 0.00796. The molecule has 7 nitrogen and oxygen atoms in total. The highest BCUT2D eigenvalue weighted by atomic mass is 16.3. The van der Waals surface area contributed by atoms with E-state index in [0.717, 1.165) is 36.9 Å². The fourth-order valence-electron chi connectivity index (χ4n) is 4.24. The van der Waals surface area contributed by atoms with Crippen LogP contribution in [-0.4, -0.2) is 32.9 Å². The van der Waals surface area contributed by atoms with Crippen LogP contribution in [0.5, 0.6) is 5.75 Å². The van der Waals surface area contributed by atoms with E-state index in [-0.39, 0.29) is 29.6 Å². The Kier molecular flexibility index (Phi) is 6.49. The van der Waals surface area contributed by atoms with Gasteiger partial charge in [-0.3, -0.25) is 4.79 Å². The normalized spacial score (nSPS) is 13.9. The molecule has 3 N–H and O–H groups in total. The minimum Gasteiger partial charge on any atom is -0.507 e. The van der Waals surface area contributed by atoms with Crippen LogP contribution in [0.3, 0.4) is 0 Å². The molecule has 0 spiro atoms. The van der Waals surface area contributed by atoms with Crippen molar-refractivity contribution in [2.24, 2.45) is 0 Å². The van der Waals surface area contributed by atoms with E-state index in [1.54, 1.807) is 24.3 Å². The molecule has 0 radical (unpaired) electrons. The highest BCUT2D eigenvalue weighted by Gasteiger charge is 2.26. The highest BCUT2D eigenvalue weighted by molar-refractivity contribution is 6.04. The third-order valence-electron chi connectivity index (χ3n) is 5.96. The van der Waals surface area contributed by atoms with Gasteiger partial charge in [-0.1, -0.05) is 30.5 Å². The second-order valence-corrected chi connectivity index (χ2v) is 9.00. The number of anilines is 1. The van der Waals surface area contributed by atoms with Crippen LogP contribution < -0.4 is 10.6 Å². The molecule has 1 aliphatic carbocycles. The molecule has 0 bridgehead atoms. The van der Waals surface area contributed by atoms with Crippen LogP contribution in [0, 0.1) is 6.92 Å². The van der Waals surface area contributed by atoms with Crippen molar-refractivity contribution in [3.8, 4) is 17.0 Å². The SMILES string of the molecule is Cc1ccc(C(=O)Nc2ccc(-c3cc(C4CCCC4)n(C(=O)NC(C)C)n3)c(O)c2)cc1. The molecule has 0 saturated heterocycles. The molecule has 4 rings (SSSR count). The number of hydrogen-bond acceptors (Lipinski definition) is 4. The van der Waals surface area contributed by atoms with Crippen molar-refractivity contribution >= 4 is 17.6 Å². The Labute approximate surface area is 193 Å². The Morgan fingerprint density at radius 3 is 2.39 bits per heavy atom. The number of amides is 2. The molecular formula is C26H30N4O3. The first kappa shape index (κ1) is 22.6. The fourth-order valence-corrected chi connectivity index (χ4v) is 4.24. The number of rotatable bonds is 5. The van der Waals surface area contributed by atoms with Crippen LogP contribution in [0.1, 0.15) is 67.1 Å². The summed E-state index contributed by atoms with van der Waals surface area (Å²) in [5.74, 6) is 0.0169. The molecule has 0 unspecified atom stereocenters. The summed E-state index contributed by atoms with van der Waals surface area (Å²) in [6, 6.07) is 13.9. The van der Waals surface area contributed by atoms with Crippen LogP contribution in [0.25, 0.3) is 11.3 Å². The zero-order valence-electron chi connectivity index (χ0n) is 19.3. The van der Waals surface area contributed by atoms with E-state index in [0.29, 0.717) is 22.5 Å². The molecule has 1 heterocycles. The third-order valence-corrected chi connectivity index (χ3v) is 5.96. The van der Waals surface area contributed by atoms with E-state index >= 15 is 0 Å². The molecule has 0 atom stereocenters. The zero-order chi connectivity index (χ0) is 23.5. The minimum atomic E-state index is -0.264. The Balaban J connectivity index is 1.60. The molecule has 2 amide bonds. The quantitative estimate of drug-likeness (QED) is 0.486. The van der Waals surface area contributed by atoms with E-state index in [1.165, 1.54) is 10.7 Å². The van der Waals surface area contributed by atoms with Gasteiger partial charge in [0.25, 0.3) is 5.91 Å². The van der Waals surface area contributed by atoms with Gasteiger partial charge < -0.3 is 15.7 Å². The van der Waals surface area contributed by atoms with Crippen molar-refractivity contribution in [2.75, 3.05) is 5.32 Å². The molecule has 1 saturated carbocycles. The molecule has 172 valence electrons. The molecule has 1 aromatic heterocycles. The van der Waals surface area contributed by atoms with Gasteiger partial charge in [-0.25, -0.2) is 4.79 Å². The van der Waals surface area contributed by atoms with E-state index in [4.69, 9.17) is 0 Å². The van der Waals surface area contributed by atoms with Gasteiger partial charge in [-0.2, -0.15) is 9.78 Å². The maximum absolute atomic E-state index is 12.8. The van der Waals surface area contributed by atoms with E-state index in [1.807, 2.05) is 39.0 Å². The molecule has 2 aromatic carbocycles. The molecule has 1 aliphatic rings. The standard InChI is InChI=1S/C26H30N4O3/c1-16(2)27-26(33)30-23(18-6-4-5-7-18)15-22(29-30)21-13-12-20(14-24(21)31)28-25(32)19-10-8-17(3)9-11-19/h8-16,18,31H,4-7H2,1-3H3,(H,27,33)(H,28,32). The number of nitrogens with one attached hydrogen (secondary N) is 2. The van der Waals surface area contributed by atoms with Crippen molar-refractivity contribution in [3.63, 3.8) is 0 Å². The fraction of sp³-hybridized carbons (Fsp3) is 0.346. The van der Waals surface area contributed by atoms with Crippen LogP contribution in [0.15, 0.2) is 48.5 Å². The van der Waals surface area contributed by atoms with Crippen LogP contribution in [0.2, 0.25) is 0 Å². The number of hydrogen-bond donors (Lipinski definition) is 3. The molecule has 7 heteroatoms.